The largest absolute Gasteiger partial charge is 0.312 e. The zero-order valence-corrected chi connectivity index (χ0v) is 13.5. The summed E-state index contributed by atoms with van der Waals surface area (Å²) in [4.78, 5) is 1.44. The van der Waals surface area contributed by atoms with Crippen molar-refractivity contribution in [1.82, 2.24) is 5.32 Å². The maximum atomic E-state index is 3.63. The molecule has 17 heavy (non-hydrogen) atoms. The summed E-state index contributed by atoms with van der Waals surface area (Å²) in [6.45, 7) is 0. The highest BCUT2D eigenvalue weighted by molar-refractivity contribution is 9.10. The Morgan fingerprint density at radius 3 is 2.82 bits per heavy atom. The topological polar surface area (TPSA) is 12.0 Å². The highest BCUT2D eigenvalue weighted by Crippen LogP contribution is 2.34. The molecule has 0 amide bonds. The second kappa shape index (κ2) is 7.17. The van der Waals surface area contributed by atoms with Gasteiger partial charge in [-0.1, -0.05) is 19.3 Å². The third-order valence-corrected chi connectivity index (χ3v) is 6.81. The van der Waals surface area contributed by atoms with E-state index in [0.29, 0.717) is 6.04 Å². The third-order valence-electron chi connectivity index (χ3n) is 3.36. The van der Waals surface area contributed by atoms with Crippen molar-refractivity contribution in [3.8, 4) is 0 Å². The molecule has 4 heteroatoms. The summed E-state index contributed by atoms with van der Waals surface area (Å²) in [5, 5.41) is 6.51. The van der Waals surface area contributed by atoms with Crippen LogP contribution in [0.1, 0.15) is 43.0 Å². The molecule has 0 spiro atoms. The van der Waals surface area contributed by atoms with Gasteiger partial charge in [0.15, 0.2) is 0 Å². The lowest BCUT2D eigenvalue weighted by atomic mass is 10.0. The molecular weight excluding hydrogens is 314 g/mol. The Kier molecular flexibility index (Phi) is 5.87. The van der Waals surface area contributed by atoms with E-state index in [1.54, 1.807) is 0 Å². The zero-order chi connectivity index (χ0) is 12.1. The highest BCUT2D eigenvalue weighted by Gasteiger charge is 2.18. The van der Waals surface area contributed by atoms with Crippen LogP contribution < -0.4 is 5.32 Å². The third kappa shape index (κ3) is 3.98. The van der Waals surface area contributed by atoms with Gasteiger partial charge in [-0.2, -0.15) is 11.8 Å². The van der Waals surface area contributed by atoms with Crippen molar-refractivity contribution in [3.05, 3.63) is 20.8 Å². The molecule has 1 N–H and O–H groups in total. The van der Waals surface area contributed by atoms with Crippen LogP contribution >= 0.6 is 39.0 Å². The van der Waals surface area contributed by atoms with Crippen LogP contribution in [0.25, 0.3) is 0 Å². The minimum Gasteiger partial charge on any atom is -0.312 e. The summed E-state index contributed by atoms with van der Waals surface area (Å²) in [5.41, 5.74) is 0. The van der Waals surface area contributed by atoms with E-state index >= 15 is 0 Å². The summed E-state index contributed by atoms with van der Waals surface area (Å²) >= 11 is 7.64. The molecule has 1 aromatic rings. The van der Waals surface area contributed by atoms with Gasteiger partial charge in [-0.25, -0.2) is 0 Å². The van der Waals surface area contributed by atoms with Gasteiger partial charge in [-0.15, -0.1) is 11.3 Å². The van der Waals surface area contributed by atoms with Crippen molar-refractivity contribution < 1.29 is 0 Å². The van der Waals surface area contributed by atoms with E-state index in [1.165, 1.54) is 47.2 Å². The number of rotatable bonds is 5. The number of thiophene rings is 1. The van der Waals surface area contributed by atoms with E-state index in [1.807, 2.05) is 11.3 Å². The number of hydrogen-bond donors (Lipinski definition) is 1. The lowest BCUT2D eigenvalue weighted by Crippen LogP contribution is -2.20. The summed E-state index contributed by atoms with van der Waals surface area (Å²) in [6, 6.07) is 2.65. The Labute approximate surface area is 121 Å². The maximum Gasteiger partial charge on any atom is 0.0515 e. The zero-order valence-electron chi connectivity index (χ0n) is 10.2. The summed E-state index contributed by atoms with van der Waals surface area (Å²) in [7, 11) is 2.07. The van der Waals surface area contributed by atoms with Crippen LogP contribution in [0.2, 0.25) is 0 Å². The van der Waals surface area contributed by atoms with E-state index < -0.39 is 0 Å². The fraction of sp³-hybridized carbons (Fsp3) is 0.692. The molecule has 1 saturated carbocycles. The van der Waals surface area contributed by atoms with Crippen molar-refractivity contribution in [1.29, 1.82) is 0 Å². The van der Waals surface area contributed by atoms with Crippen molar-refractivity contribution in [3.63, 3.8) is 0 Å². The first kappa shape index (κ1) is 13.9. The quantitative estimate of drug-likeness (QED) is 0.827. The van der Waals surface area contributed by atoms with E-state index in [9.17, 15) is 0 Å². The molecule has 1 aromatic heterocycles. The van der Waals surface area contributed by atoms with Gasteiger partial charge in [-0.05, 0) is 47.3 Å². The van der Waals surface area contributed by atoms with Crippen LogP contribution in [0.3, 0.4) is 0 Å². The van der Waals surface area contributed by atoms with Gasteiger partial charge in [0.2, 0.25) is 0 Å². The molecule has 2 rings (SSSR count). The fourth-order valence-corrected chi connectivity index (χ4v) is 5.64. The number of nitrogens with one attached hydrogen (secondary N) is 1. The van der Waals surface area contributed by atoms with Crippen molar-refractivity contribution in [2.24, 2.45) is 0 Å². The smallest absolute Gasteiger partial charge is 0.0515 e. The number of hydrogen-bond acceptors (Lipinski definition) is 3. The van der Waals surface area contributed by atoms with Crippen LogP contribution in [0, 0.1) is 0 Å². The molecule has 1 atom stereocenters. The van der Waals surface area contributed by atoms with Crippen molar-refractivity contribution >= 4 is 39.0 Å². The fourth-order valence-electron chi connectivity index (χ4n) is 2.31. The molecule has 96 valence electrons. The van der Waals surface area contributed by atoms with Crippen molar-refractivity contribution in [2.75, 3.05) is 12.8 Å². The van der Waals surface area contributed by atoms with Crippen LogP contribution in [-0.4, -0.2) is 18.1 Å². The van der Waals surface area contributed by atoms with Gasteiger partial charge in [0.05, 0.1) is 6.04 Å². The Morgan fingerprint density at radius 1 is 1.47 bits per heavy atom. The highest BCUT2D eigenvalue weighted by atomic mass is 79.9. The van der Waals surface area contributed by atoms with Gasteiger partial charge in [0.25, 0.3) is 0 Å². The summed E-state index contributed by atoms with van der Waals surface area (Å²) in [5.74, 6) is 1.19. The normalized spacial score (nSPS) is 19.4. The molecule has 1 unspecified atom stereocenters. The Hall–Kier alpha value is 0.490. The first-order valence-corrected chi connectivity index (χ1v) is 9.05. The Balaban J connectivity index is 1.85. The molecule has 1 fully saturated rings. The number of halogens is 1. The molecule has 0 bridgehead atoms. The van der Waals surface area contributed by atoms with Crippen LogP contribution in [0.4, 0.5) is 0 Å². The molecule has 1 aliphatic carbocycles. The molecule has 1 heterocycles. The SMILES string of the molecule is CNC(CSC1CCCCC1)c1sccc1Br. The number of thioether (sulfide) groups is 1. The van der Waals surface area contributed by atoms with E-state index in [0.717, 1.165) is 5.25 Å². The van der Waals surface area contributed by atoms with Gasteiger partial charge < -0.3 is 5.32 Å². The van der Waals surface area contributed by atoms with E-state index in [-0.39, 0.29) is 0 Å². The lowest BCUT2D eigenvalue weighted by Gasteiger charge is -2.23. The molecule has 0 saturated heterocycles. The van der Waals surface area contributed by atoms with Crippen LogP contribution in [-0.2, 0) is 0 Å². The molecule has 1 aliphatic rings. The monoisotopic (exact) mass is 333 g/mol. The Bertz CT molecular complexity index is 334. The van der Waals surface area contributed by atoms with Gasteiger partial charge in [-0.3, -0.25) is 0 Å². The van der Waals surface area contributed by atoms with Gasteiger partial charge >= 0.3 is 0 Å². The standard InChI is InChI=1S/C13H20BrNS2/c1-15-12(13-11(14)7-8-16-13)9-17-10-5-3-2-4-6-10/h7-8,10,12,15H,2-6,9H2,1H3. The average Bonchev–Trinajstić information content (AvgIpc) is 2.78. The van der Waals surface area contributed by atoms with Crippen LogP contribution in [0.5, 0.6) is 0 Å². The molecule has 0 radical (unpaired) electrons. The molecule has 0 aliphatic heterocycles. The van der Waals surface area contributed by atoms with Crippen molar-refractivity contribution in [2.45, 2.75) is 43.4 Å². The van der Waals surface area contributed by atoms with E-state index in [2.05, 4.69) is 51.5 Å². The second-order valence-corrected chi connectivity index (χ2v) is 7.70. The minimum absolute atomic E-state index is 0.497. The van der Waals surface area contributed by atoms with Gasteiger partial charge in [0.1, 0.15) is 0 Å². The predicted molar refractivity (Wildman–Crippen MR) is 83.2 cm³/mol. The van der Waals surface area contributed by atoms with Gasteiger partial charge in [0, 0.05) is 20.4 Å². The lowest BCUT2D eigenvalue weighted by molar-refractivity contribution is 0.515. The summed E-state index contributed by atoms with van der Waals surface area (Å²) < 4.78 is 1.26. The first-order chi connectivity index (χ1) is 8.31. The molecule has 0 aromatic carbocycles. The summed E-state index contributed by atoms with van der Waals surface area (Å²) in [6.07, 6.45) is 7.16. The second-order valence-electron chi connectivity index (χ2n) is 4.57. The molecule has 1 nitrogen and oxygen atoms in total. The molecular formula is C13H20BrNS2. The first-order valence-electron chi connectivity index (χ1n) is 6.33. The van der Waals surface area contributed by atoms with Crippen LogP contribution in [0.15, 0.2) is 15.9 Å². The minimum atomic E-state index is 0.497. The maximum absolute atomic E-state index is 3.63. The van der Waals surface area contributed by atoms with E-state index in [4.69, 9.17) is 0 Å². The predicted octanol–water partition coefficient (Wildman–Crippen LogP) is 4.84. The Morgan fingerprint density at radius 2 is 2.24 bits per heavy atom. The average molecular weight is 334 g/mol.